The van der Waals surface area contributed by atoms with Crippen LogP contribution in [0.5, 0.6) is 5.75 Å². The summed E-state index contributed by atoms with van der Waals surface area (Å²) in [5.74, 6) is -1.41. The molecule has 2 N–H and O–H groups in total. The van der Waals surface area contributed by atoms with E-state index in [2.05, 4.69) is 5.32 Å². The molecule has 2 aromatic carbocycles. The van der Waals surface area contributed by atoms with Crippen LogP contribution in [0.2, 0.25) is 10.0 Å². The van der Waals surface area contributed by atoms with Crippen LogP contribution in [-0.2, 0) is 27.4 Å². The van der Waals surface area contributed by atoms with Crippen molar-refractivity contribution in [1.29, 1.82) is 0 Å². The first-order chi connectivity index (χ1) is 17.2. The molecule has 3 rings (SSSR count). The van der Waals surface area contributed by atoms with Crippen molar-refractivity contribution < 1.29 is 24.2 Å². The van der Waals surface area contributed by atoms with Crippen LogP contribution in [0.1, 0.15) is 50.7 Å². The highest BCUT2D eigenvalue weighted by Gasteiger charge is 2.43. The number of carboxylic acid groups (broad SMARTS) is 1. The Morgan fingerprint density at radius 2 is 1.67 bits per heavy atom. The lowest BCUT2D eigenvalue weighted by Crippen LogP contribution is -2.55. The van der Waals surface area contributed by atoms with E-state index < -0.39 is 23.3 Å². The number of carbonyl (C=O) groups excluding carboxylic acids is 2. The first kappa shape index (κ1) is 27.8. The SMILES string of the molecule is CCC(C)(C(=O)N[C@@H](Cc1ccc(OCc2c(Cl)cccc2Cl)cc1)C(=O)O)C(=O)N1CCCCC1. The van der Waals surface area contributed by atoms with Crippen LogP contribution in [0.25, 0.3) is 0 Å². The predicted octanol–water partition coefficient (Wildman–Crippen LogP) is 5.11. The molecule has 194 valence electrons. The summed E-state index contributed by atoms with van der Waals surface area (Å²) in [6, 6.07) is 11.0. The second-order valence-electron chi connectivity index (χ2n) is 9.24. The number of hydrogen-bond donors (Lipinski definition) is 2. The number of piperidine rings is 1. The number of hydrogen-bond acceptors (Lipinski definition) is 4. The summed E-state index contributed by atoms with van der Waals surface area (Å²) in [4.78, 5) is 40.0. The third kappa shape index (κ3) is 6.71. The molecule has 1 fully saturated rings. The number of amides is 2. The van der Waals surface area contributed by atoms with E-state index in [0.717, 1.165) is 19.3 Å². The van der Waals surface area contributed by atoms with Crippen molar-refractivity contribution in [2.45, 2.75) is 58.6 Å². The number of benzene rings is 2. The van der Waals surface area contributed by atoms with Crippen LogP contribution in [0.15, 0.2) is 42.5 Å². The number of aliphatic carboxylic acids is 1. The summed E-state index contributed by atoms with van der Waals surface area (Å²) >= 11 is 12.4. The van der Waals surface area contributed by atoms with Gasteiger partial charge in [0.05, 0.1) is 0 Å². The van der Waals surface area contributed by atoms with Crippen LogP contribution < -0.4 is 10.1 Å². The van der Waals surface area contributed by atoms with Gasteiger partial charge in [-0.15, -0.1) is 0 Å². The van der Waals surface area contributed by atoms with Gasteiger partial charge in [0.15, 0.2) is 0 Å². The fourth-order valence-corrected chi connectivity index (χ4v) is 4.66. The molecule has 9 heteroatoms. The highest BCUT2D eigenvalue weighted by Crippen LogP contribution is 2.28. The van der Waals surface area contributed by atoms with Crippen molar-refractivity contribution in [3.63, 3.8) is 0 Å². The highest BCUT2D eigenvalue weighted by molar-refractivity contribution is 6.35. The number of carboxylic acids is 1. The van der Waals surface area contributed by atoms with E-state index in [1.165, 1.54) is 0 Å². The fraction of sp³-hybridized carbons (Fsp3) is 0.444. The molecular formula is C27H32Cl2N2O5. The molecule has 2 atom stereocenters. The van der Waals surface area contributed by atoms with Crippen molar-refractivity contribution >= 4 is 41.0 Å². The molecule has 7 nitrogen and oxygen atoms in total. The molecule has 2 aromatic rings. The summed E-state index contributed by atoms with van der Waals surface area (Å²) in [6.07, 6.45) is 3.24. The van der Waals surface area contributed by atoms with Gasteiger partial charge in [0.2, 0.25) is 11.8 Å². The maximum atomic E-state index is 13.2. The monoisotopic (exact) mass is 534 g/mol. The van der Waals surface area contributed by atoms with Crippen molar-refractivity contribution in [2.24, 2.45) is 5.41 Å². The Hall–Kier alpha value is -2.77. The Labute approximate surface area is 221 Å². The number of nitrogens with zero attached hydrogens (tertiary/aromatic N) is 1. The van der Waals surface area contributed by atoms with Gasteiger partial charge in [-0.1, -0.05) is 48.3 Å². The molecule has 1 aliphatic rings. The first-order valence-electron chi connectivity index (χ1n) is 12.1. The van der Waals surface area contributed by atoms with E-state index in [1.54, 1.807) is 61.2 Å². The molecule has 0 spiro atoms. The van der Waals surface area contributed by atoms with Gasteiger partial charge in [-0.05, 0) is 62.4 Å². The lowest BCUT2D eigenvalue weighted by atomic mass is 9.83. The van der Waals surface area contributed by atoms with Gasteiger partial charge in [-0.3, -0.25) is 9.59 Å². The van der Waals surface area contributed by atoms with Crippen LogP contribution in [0.4, 0.5) is 0 Å². The quantitative estimate of drug-likeness (QED) is 0.412. The number of carbonyl (C=O) groups is 3. The maximum Gasteiger partial charge on any atom is 0.326 e. The summed E-state index contributed by atoms with van der Waals surface area (Å²) in [6.45, 7) is 4.80. The lowest BCUT2D eigenvalue weighted by Gasteiger charge is -2.35. The summed E-state index contributed by atoms with van der Waals surface area (Å²) in [5, 5.41) is 13.4. The molecule has 1 unspecified atom stereocenters. The topological polar surface area (TPSA) is 95.9 Å². The highest BCUT2D eigenvalue weighted by atomic mass is 35.5. The number of rotatable bonds is 10. The van der Waals surface area contributed by atoms with Gasteiger partial charge >= 0.3 is 5.97 Å². The number of ether oxygens (including phenoxy) is 1. The molecule has 1 heterocycles. The molecule has 36 heavy (non-hydrogen) atoms. The number of likely N-dealkylation sites (tertiary alicyclic amines) is 1. The third-order valence-electron chi connectivity index (χ3n) is 6.74. The van der Waals surface area contributed by atoms with Crippen LogP contribution in [0.3, 0.4) is 0 Å². The molecule has 2 amide bonds. The molecular weight excluding hydrogens is 503 g/mol. The number of nitrogens with one attached hydrogen (secondary N) is 1. The molecule has 0 bridgehead atoms. The standard InChI is InChI=1S/C27H32Cl2N2O5/c1-3-27(2,26(35)31-14-5-4-6-15-31)25(34)30-23(24(32)33)16-18-10-12-19(13-11-18)36-17-20-21(28)8-7-9-22(20)29/h7-13,23H,3-6,14-17H2,1-2H3,(H,30,34)(H,32,33)/t23-,27?/m0/s1. The van der Waals surface area contributed by atoms with Crippen LogP contribution in [-0.4, -0.2) is 46.9 Å². The second kappa shape index (κ2) is 12.5. The first-order valence-corrected chi connectivity index (χ1v) is 12.9. The largest absolute Gasteiger partial charge is 0.489 e. The molecule has 1 saturated heterocycles. The average molecular weight is 535 g/mol. The van der Waals surface area contributed by atoms with E-state index in [0.29, 0.717) is 40.0 Å². The smallest absolute Gasteiger partial charge is 0.326 e. The zero-order valence-corrected chi connectivity index (χ0v) is 22.1. The van der Waals surface area contributed by atoms with E-state index in [1.807, 2.05) is 0 Å². The lowest BCUT2D eigenvalue weighted by molar-refractivity contribution is -0.153. The molecule has 0 saturated carbocycles. The minimum atomic E-state index is -1.32. The van der Waals surface area contributed by atoms with Gasteiger partial charge in [0.25, 0.3) is 0 Å². The number of halogens is 2. The Kier molecular flexibility index (Phi) is 9.63. The van der Waals surface area contributed by atoms with Crippen LogP contribution >= 0.6 is 23.2 Å². The van der Waals surface area contributed by atoms with E-state index >= 15 is 0 Å². The van der Waals surface area contributed by atoms with Crippen molar-refractivity contribution in [2.75, 3.05) is 13.1 Å². The minimum Gasteiger partial charge on any atom is -0.489 e. The predicted molar refractivity (Wildman–Crippen MR) is 139 cm³/mol. The Morgan fingerprint density at radius 1 is 1.06 bits per heavy atom. The van der Waals surface area contributed by atoms with Gasteiger partial charge in [0, 0.05) is 35.1 Å². The zero-order valence-electron chi connectivity index (χ0n) is 20.6. The third-order valence-corrected chi connectivity index (χ3v) is 7.44. The van der Waals surface area contributed by atoms with Gasteiger partial charge in [0.1, 0.15) is 23.8 Å². The molecule has 0 aromatic heterocycles. The Morgan fingerprint density at radius 3 is 2.22 bits per heavy atom. The maximum absolute atomic E-state index is 13.2. The van der Waals surface area contributed by atoms with E-state index in [-0.39, 0.29) is 25.4 Å². The normalized spacial score (nSPS) is 16.1. The van der Waals surface area contributed by atoms with Gasteiger partial charge in [-0.2, -0.15) is 0 Å². The van der Waals surface area contributed by atoms with Crippen LogP contribution in [0, 0.1) is 5.41 Å². The van der Waals surface area contributed by atoms with Crippen molar-refractivity contribution in [1.82, 2.24) is 10.2 Å². The van der Waals surface area contributed by atoms with Crippen molar-refractivity contribution in [3.8, 4) is 5.75 Å². The average Bonchev–Trinajstić information content (AvgIpc) is 2.88. The fourth-order valence-electron chi connectivity index (χ4n) is 4.16. The summed E-state index contributed by atoms with van der Waals surface area (Å²) in [7, 11) is 0. The van der Waals surface area contributed by atoms with Gasteiger partial charge in [-0.25, -0.2) is 4.79 Å². The van der Waals surface area contributed by atoms with E-state index in [4.69, 9.17) is 27.9 Å². The zero-order chi connectivity index (χ0) is 26.3. The van der Waals surface area contributed by atoms with E-state index in [9.17, 15) is 19.5 Å². The second-order valence-corrected chi connectivity index (χ2v) is 10.1. The summed E-state index contributed by atoms with van der Waals surface area (Å²) < 4.78 is 5.77. The van der Waals surface area contributed by atoms with Crippen molar-refractivity contribution in [3.05, 3.63) is 63.6 Å². The molecule has 0 aliphatic carbocycles. The molecule has 1 aliphatic heterocycles. The molecule has 0 radical (unpaired) electrons. The Balaban J connectivity index is 1.64. The minimum absolute atomic E-state index is 0.0649. The summed E-state index contributed by atoms with van der Waals surface area (Å²) in [5.41, 5.74) is 0.0611. The Bertz CT molecular complexity index is 1070. The van der Waals surface area contributed by atoms with Gasteiger partial charge < -0.3 is 20.1 Å².